The fourth-order valence-corrected chi connectivity index (χ4v) is 4.39. The zero-order chi connectivity index (χ0) is 19.7. The fourth-order valence-electron chi connectivity index (χ4n) is 4.39. The summed E-state index contributed by atoms with van der Waals surface area (Å²) in [5.41, 5.74) is 2.35. The molecule has 1 atom stereocenters. The van der Waals surface area contributed by atoms with Crippen LogP contribution in [0.15, 0.2) is 36.9 Å². The van der Waals surface area contributed by atoms with E-state index in [-0.39, 0.29) is 17.8 Å². The van der Waals surface area contributed by atoms with Crippen molar-refractivity contribution in [1.29, 1.82) is 0 Å². The van der Waals surface area contributed by atoms with Crippen LogP contribution >= 0.6 is 0 Å². The van der Waals surface area contributed by atoms with Gasteiger partial charge in [0.05, 0.1) is 6.61 Å². The highest BCUT2D eigenvalue weighted by Crippen LogP contribution is 2.41. The molecule has 0 spiro atoms. The molecule has 0 amide bonds. The van der Waals surface area contributed by atoms with E-state index in [2.05, 4.69) is 6.58 Å². The summed E-state index contributed by atoms with van der Waals surface area (Å²) < 4.78 is 48.0. The number of rotatable bonds is 6. The molecule has 4 rings (SSSR count). The Hall–Kier alpha value is -2.07. The molecule has 1 nitrogen and oxygen atoms in total. The summed E-state index contributed by atoms with van der Waals surface area (Å²) in [5, 5.41) is 0. The van der Waals surface area contributed by atoms with E-state index in [0.29, 0.717) is 30.1 Å². The van der Waals surface area contributed by atoms with E-state index in [9.17, 15) is 13.2 Å². The summed E-state index contributed by atoms with van der Waals surface area (Å²) in [6, 6.07) is 8.65. The monoisotopic (exact) mass is 386 g/mol. The highest BCUT2D eigenvalue weighted by molar-refractivity contribution is 5.47. The third-order valence-corrected chi connectivity index (χ3v) is 6.24. The maximum absolute atomic E-state index is 14.5. The first-order valence-corrected chi connectivity index (χ1v) is 10.1. The molecule has 2 aromatic carbocycles. The third-order valence-electron chi connectivity index (χ3n) is 6.24. The van der Waals surface area contributed by atoms with Crippen molar-refractivity contribution in [2.75, 3.05) is 6.61 Å². The Kier molecular flexibility index (Phi) is 5.58. The zero-order valence-corrected chi connectivity index (χ0v) is 15.9. The molecule has 1 aliphatic heterocycles. The van der Waals surface area contributed by atoms with Crippen LogP contribution in [0.3, 0.4) is 0 Å². The molecule has 2 aromatic rings. The van der Waals surface area contributed by atoms with Crippen LogP contribution in [0.2, 0.25) is 0 Å². The average Bonchev–Trinajstić information content (AvgIpc) is 3.55. The van der Waals surface area contributed by atoms with Crippen LogP contribution in [0.5, 0.6) is 0 Å². The number of aryl methyl sites for hydroxylation is 1. The van der Waals surface area contributed by atoms with E-state index < -0.39 is 11.6 Å². The van der Waals surface area contributed by atoms with Gasteiger partial charge >= 0.3 is 0 Å². The molecule has 1 aliphatic carbocycles. The summed E-state index contributed by atoms with van der Waals surface area (Å²) in [6.07, 6.45) is 6.61. The van der Waals surface area contributed by atoms with Crippen molar-refractivity contribution < 1.29 is 17.9 Å². The Balaban J connectivity index is 1.33. The summed E-state index contributed by atoms with van der Waals surface area (Å²) in [4.78, 5) is 0. The molecule has 4 heteroatoms. The average molecular weight is 386 g/mol. The van der Waals surface area contributed by atoms with E-state index in [1.54, 1.807) is 18.2 Å². The van der Waals surface area contributed by atoms with E-state index in [1.165, 1.54) is 6.07 Å². The lowest BCUT2D eigenvalue weighted by Crippen LogP contribution is -2.16. The second-order valence-corrected chi connectivity index (χ2v) is 8.01. The number of benzene rings is 2. The predicted molar refractivity (Wildman–Crippen MR) is 105 cm³/mol. The van der Waals surface area contributed by atoms with E-state index in [1.807, 2.05) is 12.1 Å². The molecule has 2 fully saturated rings. The molecule has 1 saturated heterocycles. The first-order valence-electron chi connectivity index (χ1n) is 10.1. The van der Waals surface area contributed by atoms with Crippen molar-refractivity contribution in [1.82, 2.24) is 0 Å². The van der Waals surface area contributed by atoms with Gasteiger partial charge in [0.2, 0.25) is 0 Å². The minimum Gasteiger partial charge on any atom is -0.368 e. The van der Waals surface area contributed by atoms with Crippen LogP contribution in [-0.2, 0) is 11.2 Å². The van der Waals surface area contributed by atoms with Gasteiger partial charge in [0, 0.05) is 5.56 Å². The molecular formula is C24H25F3O. The summed E-state index contributed by atoms with van der Waals surface area (Å²) >= 11 is 0. The Bertz CT molecular complexity index is 864. The number of halogens is 3. The standard InChI is InChI=1S/C24H25F3O/c1-2-15-3-9-18(21(25)13-15)10-6-16-4-7-17(8-5-16)19-11-12-20(22-14-28-22)24(27)23(19)26/h2-3,9,11-13,16-17,22H,1,4-8,10,14H2. The van der Waals surface area contributed by atoms with Crippen LogP contribution in [0.4, 0.5) is 13.2 Å². The molecule has 0 N–H and O–H groups in total. The first kappa shape index (κ1) is 19.3. The normalized spacial score (nSPS) is 24.2. The van der Waals surface area contributed by atoms with Crippen LogP contribution < -0.4 is 0 Å². The van der Waals surface area contributed by atoms with E-state index in [0.717, 1.165) is 43.2 Å². The fraction of sp³-hybridized carbons (Fsp3) is 0.417. The highest BCUT2D eigenvalue weighted by atomic mass is 19.2. The molecule has 0 aromatic heterocycles. The molecule has 0 radical (unpaired) electrons. The van der Waals surface area contributed by atoms with Gasteiger partial charge in [-0.25, -0.2) is 13.2 Å². The maximum Gasteiger partial charge on any atom is 0.165 e. The number of hydrogen-bond donors (Lipinski definition) is 0. The molecule has 1 saturated carbocycles. The highest BCUT2D eigenvalue weighted by Gasteiger charge is 2.32. The third kappa shape index (κ3) is 4.02. The Morgan fingerprint density at radius 3 is 2.29 bits per heavy atom. The van der Waals surface area contributed by atoms with E-state index >= 15 is 0 Å². The van der Waals surface area contributed by atoms with Crippen molar-refractivity contribution in [2.45, 2.75) is 50.5 Å². The molecule has 2 aliphatic rings. The Morgan fingerprint density at radius 1 is 0.964 bits per heavy atom. The largest absolute Gasteiger partial charge is 0.368 e. The van der Waals surface area contributed by atoms with Crippen molar-refractivity contribution in [3.05, 3.63) is 76.6 Å². The minimum atomic E-state index is -0.749. The van der Waals surface area contributed by atoms with Gasteiger partial charge in [-0.3, -0.25) is 0 Å². The van der Waals surface area contributed by atoms with Gasteiger partial charge in [-0.1, -0.05) is 36.9 Å². The van der Waals surface area contributed by atoms with Gasteiger partial charge in [0.1, 0.15) is 11.9 Å². The summed E-state index contributed by atoms with van der Waals surface area (Å²) in [6.45, 7) is 4.13. The lowest BCUT2D eigenvalue weighted by molar-refractivity contribution is 0.303. The van der Waals surface area contributed by atoms with Crippen molar-refractivity contribution in [3.8, 4) is 0 Å². The SMILES string of the molecule is C=Cc1ccc(CCC2CCC(c3ccc(C4CO4)c(F)c3F)CC2)c(F)c1. The van der Waals surface area contributed by atoms with Crippen LogP contribution in [0, 0.1) is 23.4 Å². The van der Waals surface area contributed by atoms with Gasteiger partial charge in [-0.15, -0.1) is 0 Å². The molecule has 28 heavy (non-hydrogen) atoms. The lowest BCUT2D eigenvalue weighted by Gasteiger charge is -2.29. The predicted octanol–water partition coefficient (Wildman–Crippen LogP) is 6.72. The van der Waals surface area contributed by atoms with Crippen LogP contribution in [0.1, 0.15) is 66.4 Å². The summed E-state index contributed by atoms with van der Waals surface area (Å²) in [7, 11) is 0. The minimum absolute atomic E-state index is 0.0588. The Labute approximate surface area is 164 Å². The summed E-state index contributed by atoms with van der Waals surface area (Å²) in [5.74, 6) is -1.07. The van der Waals surface area contributed by atoms with Gasteiger partial charge in [-0.05, 0) is 73.1 Å². The van der Waals surface area contributed by atoms with Gasteiger partial charge in [0.25, 0.3) is 0 Å². The van der Waals surface area contributed by atoms with Gasteiger partial charge in [0.15, 0.2) is 11.6 Å². The maximum atomic E-state index is 14.5. The lowest BCUT2D eigenvalue weighted by atomic mass is 9.76. The van der Waals surface area contributed by atoms with Crippen molar-refractivity contribution in [2.24, 2.45) is 5.92 Å². The van der Waals surface area contributed by atoms with Gasteiger partial charge in [-0.2, -0.15) is 0 Å². The van der Waals surface area contributed by atoms with Crippen molar-refractivity contribution >= 4 is 6.08 Å². The number of epoxide rings is 1. The zero-order valence-electron chi connectivity index (χ0n) is 15.9. The molecular weight excluding hydrogens is 361 g/mol. The number of hydrogen-bond acceptors (Lipinski definition) is 1. The molecule has 1 unspecified atom stereocenters. The van der Waals surface area contributed by atoms with Crippen molar-refractivity contribution in [3.63, 3.8) is 0 Å². The molecule has 0 bridgehead atoms. The van der Waals surface area contributed by atoms with E-state index in [4.69, 9.17) is 4.74 Å². The molecule has 148 valence electrons. The second-order valence-electron chi connectivity index (χ2n) is 8.01. The van der Waals surface area contributed by atoms with Crippen LogP contribution in [-0.4, -0.2) is 6.61 Å². The molecule has 1 heterocycles. The first-order chi connectivity index (χ1) is 13.6. The van der Waals surface area contributed by atoms with Gasteiger partial charge < -0.3 is 4.74 Å². The van der Waals surface area contributed by atoms with Crippen LogP contribution in [0.25, 0.3) is 6.08 Å². The number of ether oxygens (including phenoxy) is 1. The second kappa shape index (κ2) is 8.12. The smallest absolute Gasteiger partial charge is 0.165 e. The quantitative estimate of drug-likeness (QED) is 0.502. The Morgan fingerprint density at radius 2 is 1.64 bits per heavy atom. The topological polar surface area (TPSA) is 12.5 Å².